The number of nitrogens with one attached hydrogen (secondary N) is 1. The molecule has 174 valence electrons. The molecule has 1 aliphatic carbocycles. The second kappa shape index (κ2) is 10.2. The van der Waals surface area contributed by atoms with Gasteiger partial charge < -0.3 is 5.32 Å². The van der Waals surface area contributed by atoms with E-state index < -0.39 is 0 Å². The number of carbonyl (C=O) groups is 1. The van der Waals surface area contributed by atoms with Gasteiger partial charge in [-0.2, -0.15) is 0 Å². The zero-order valence-electron chi connectivity index (χ0n) is 19.1. The van der Waals surface area contributed by atoms with Gasteiger partial charge in [0, 0.05) is 11.4 Å². The molecule has 5 nitrogen and oxygen atoms in total. The van der Waals surface area contributed by atoms with Crippen molar-refractivity contribution in [2.24, 2.45) is 5.92 Å². The van der Waals surface area contributed by atoms with Crippen molar-refractivity contribution in [3.8, 4) is 5.69 Å². The van der Waals surface area contributed by atoms with Crippen molar-refractivity contribution >= 4 is 39.2 Å². The number of amides is 1. The van der Waals surface area contributed by atoms with Crippen molar-refractivity contribution in [1.82, 2.24) is 14.9 Å². The van der Waals surface area contributed by atoms with Crippen LogP contribution >= 0.6 is 23.1 Å². The zero-order chi connectivity index (χ0) is 23.5. The topological polar surface area (TPSA) is 64.0 Å². The summed E-state index contributed by atoms with van der Waals surface area (Å²) in [6, 6.07) is 19.4. The highest BCUT2D eigenvalue weighted by molar-refractivity contribution is 7.99. The summed E-state index contributed by atoms with van der Waals surface area (Å²) in [6.45, 7) is 2.72. The summed E-state index contributed by atoms with van der Waals surface area (Å²) >= 11 is 2.97. The third kappa shape index (κ3) is 4.68. The monoisotopic (exact) mass is 489 g/mol. The van der Waals surface area contributed by atoms with Crippen LogP contribution in [0.5, 0.6) is 0 Å². The lowest BCUT2D eigenvalue weighted by Crippen LogP contribution is -2.26. The van der Waals surface area contributed by atoms with Crippen LogP contribution in [0.3, 0.4) is 0 Å². The molecule has 0 fully saturated rings. The highest BCUT2D eigenvalue weighted by Gasteiger charge is 2.26. The Morgan fingerprint density at radius 3 is 2.62 bits per heavy atom. The lowest BCUT2D eigenvalue weighted by molar-refractivity contribution is -0.118. The SMILES string of the molecule is CC[C@H]1CCc2c(sc3nc(SCC(=O)NCc4ccccc4)n(-c4ccccc4)c(=O)c23)C1. The molecule has 0 aliphatic heterocycles. The fraction of sp³-hybridized carbons (Fsp3) is 0.296. The standard InChI is InChI=1S/C27H27N3O2S2/c1-2-18-13-14-21-22(15-18)34-25-24(21)26(32)30(20-11-7-4-8-12-20)27(29-25)33-17-23(31)28-16-19-9-5-3-6-10-19/h3-12,18H,2,13-17H2,1H3,(H,28,31)/t18-/m0/s1. The van der Waals surface area contributed by atoms with E-state index in [0.29, 0.717) is 17.6 Å². The number of rotatable bonds is 7. The van der Waals surface area contributed by atoms with Gasteiger partial charge in [-0.3, -0.25) is 14.2 Å². The number of hydrogen-bond acceptors (Lipinski definition) is 5. The minimum Gasteiger partial charge on any atom is -0.351 e. The summed E-state index contributed by atoms with van der Waals surface area (Å²) < 4.78 is 1.68. The third-order valence-electron chi connectivity index (χ3n) is 6.41. The number of benzene rings is 2. The predicted molar refractivity (Wildman–Crippen MR) is 140 cm³/mol. The van der Waals surface area contributed by atoms with Gasteiger partial charge >= 0.3 is 0 Å². The van der Waals surface area contributed by atoms with Crippen molar-refractivity contribution in [3.63, 3.8) is 0 Å². The molecule has 0 saturated heterocycles. The minimum absolute atomic E-state index is 0.0316. The highest BCUT2D eigenvalue weighted by atomic mass is 32.2. The Bertz CT molecular complexity index is 1360. The molecule has 7 heteroatoms. The van der Waals surface area contributed by atoms with Crippen molar-refractivity contribution in [1.29, 1.82) is 0 Å². The molecule has 1 atom stereocenters. The van der Waals surface area contributed by atoms with E-state index in [1.807, 2.05) is 60.7 Å². The van der Waals surface area contributed by atoms with Crippen LogP contribution in [0.2, 0.25) is 0 Å². The van der Waals surface area contributed by atoms with E-state index in [0.717, 1.165) is 47.2 Å². The van der Waals surface area contributed by atoms with Gasteiger partial charge in [0.2, 0.25) is 5.91 Å². The molecule has 0 unspecified atom stereocenters. The first-order valence-electron chi connectivity index (χ1n) is 11.7. The molecule has 0 spiro atoms. The lowest BCUT2D eigenvalue weighted by Gasteiger charge is -2.20. The summed E-state index contributed by atoms with van der Waals surface area (Å²) in [7, 11) is 0. The van der Waals surface area contributed by atoms with Gasteiger partial charge in [0.1, 0.15) is 4.83 Å². The number of aromatic nitrogens is 2. The van der Waals surface area contributed by atoms with Crippen LogP contribution < -0.4 is 10.9 Å². The van der Waals surface area contributed by atoms with Gasteiger partial charge in [-0.15, -0.1) is 11.3 Å². The Morgan fingerprint density at radius 1 is 1.15 bits per heavy atom. The molecule has 0 bridgehead atoms. The average molecular weight is 490 g/mol. The Kier molecular flexibility index (Phi) is 6.83. The van der Waals surface area contributed by atoms with Crippen LogP contribution in [-0.2, 0) is 24.2 Å². The van der Waals surface area contributed by atoms with E-state index >= 15 is 0 Å². The smallest absolute Gasteiger partial charge is 0.267 e. The first kappa shape index (κ1) is 22.9. The summed E-state index contributed by atoms with van der Waals surface area (Å²) in [5.74, 6) is 0.791. The first-order valence-corrected chi connectivity index (χ1v) is 13.5. The number of para-hydroxylation sites is 1. The maximum Gasteiger partial charge on any atom is 0.267 e. The average Bonchev–Trinajstić information content (AvgIpc) is 3.25. The summed E-state index contributed by atoms with van der Waals surface area (Å²) in [5.41, 5.74) is 2.98. The summed E-state index contributed by atoms with van der Waals surface area (Å²) in [5, 5.41) is 4.28. The van der Waals surface area contributed by atoms with Crippen LogP contribution in [0.25, 0.3) is 15.9 Å². The number of fused-ring (bicyclic) bond motifs is 3. The first-order chi connectivity index (χ1) is 16.6. The van der Waals surface area contributed by atoms with E-state index in [2.05, 4.69) is 12.2 Å². The molecule has 2 heterocycles. The maximum atomic E-state index is 13.8. The molecule has 1 amide bonds. The summed E-state index contributed by atoms with van der Waals surface area (Å²) in [4.78, 5) is 33.4. The number of nitrogens with zero attached hydrogens (tertiary/aromatic N) is 2. The van der Waals surface area contributed by atoms with Gasteiger partial charge in [0.15, 0.2) is 5.16 Å². The molecule has 1 N–H and O–H groups in total. The third-order valence-corrected chi connectivity index (χ3v) is 8.50. The predicted octanol–water partition coefficient (Wildman–Crippen LogP) is 5.37. The molecule has 34 heavy (non-hydrogen) atoms. The molecule has 2 aromatic heterocycles. The number of aryl methyl sites for hydroxylation is 1. The van der Waals surface area contributed by atoms with Crippen molar-refractivity contribution in [3.05, 3.63) is 87.0 Å². The Balaban J connectivity index is 1.46. The molecule has 0 radical (unpaired) electrons. The largest absolute Gasteiger partial charge is 0.351 e. The maximum absolute atomic E-state index is 13.8. The van der Waals surface area contributed by atoms with E-state index in [1.165, 1.54) is 22.2 Å². The number of hydrogen-bond donors (Lipinski definition) is 1. The lowest BCUT2D eigenvalue weighted by atomic mass is 9.86. The van der Waals surface area contributed by atoms with Gasteiger partial charge in [0.25, 0.3) is 5.56 Å². The molecule has 4 aromatic rings. The summed E-state index contributed by atoms with van der Waals surface area (Å²) in [6.07, 6.45) is 4.25. The zero-order valence-corrected chi connectivity index (χ0v) is 20.8. The molecule has 5 rings (SSSR count). The molecular weight excluding hydrogens is 462 g/mol. The fourth-order valence-electron chi connectivity index (χ4n) is 4.50. The Morgan fingerprint density at radius 2 is 1.88 bits per heavy atom. The van der Waals surface area contributed by atoms with Gasteiger partial charge in [-0.25, -0.2) is 4.98 Å². The van der Waals surface area contributed by atoms with Crippen LogP contribution in [0.4, 0.5) is 0 Å². The fourth-order valence-corrected chi connectivity index (χ4v) is 6.72. The van der Waals surface area contributed by atoms with Gasteiger partial charge in [-0.05, 0) is 48.4 Å². The van der Waals surface area contributed by atoms with Crippen molar-refractivity contribution in [2.45, 2.75) is 44.3 Å². The van der Waals surface area contributed by atoms with Crippen molar-refractivity contribution in [2.75, 3.05) is 5.75 Å². The van der Waals surface area contributed by atoms with Gasteiger partial charge in [-0.1, -0.05) is 73.6 Å². The second-order valence-electron chi connectivity index (χ2n) is 8.62. The van der Waals surface area contributed by atoms with Crippen molar-refractivity contribution < 1.29 is 4.79 Å². The van der Waals surface area contributed by atoms with E-state index in [-0.39, 0.29) is 17.2 Å². The molecule has 1 aliphatic rings. The van der Waals surface area contributed by atoms with Gasteiger partial charge in [0.05, 0.1) is 16.8 Å². The van der Waals surface area contributed by atoms with E-state index in [1.54, 1.807) is 15.9 Å². The van der Waals surface area contributed by atoms with Crippen LogP contribution in [-0.4, -0.2) is 21.2 Å². The van der Waals surface area contributed by atoms with E-state index in [9.17, 15) is 9.59 Å². The normalized spacial score (nSPS) is 15.3. The second-order valence-corrected chi connectivity index (χ2v) is 10.6. The van der Waals surface area contributed by atoms with E-state index in [4.69, 9.17) is 4.98 Å². The number of thiophene rings is 1. The Hall–Kier alpha value is -2.90. The Labute approximate surface area is 207 Å². The minimum atomic E-state index is -0.0842. The molecule has 2 aromatic carbocycles. The highest BCUT2D eigenvalue weighted by Crippen LogP contribution is 2.37. The van der Waals surface area contributed by atoms with Crippen LogP contribution in [0.15, 0.2) is 70.6 Å². The molecule has 0 saturated carbocycles. The quantitative estimate of drug-likeness (QED) is 0.280. The molecular formula is C27H27N3O2S2. The number of thioether (sulfide) groups is 1. The van der Waals surface area contributed by atoms with Crippen LogP contribution in [0, 0.1) is 5.92 Å². The number of carbonyl (C=O) groups excluding carboxylic acids is 1. The van der Waals surface area contributed by atoms with Crippen LogP contribution in [0.1, 0.15) is 35.8 Å².